The summed E-state index contributed by atoms with van der Waals surface area (Å²) in [6.07, 6.45) is 4.43. The number of hydrogen-bond donors (Lipinski definition) is 0. The van der Waals surface area contributed by atoms with Gasteiger partial charge in [-0.05, 0) is 50.5 Å². The Labute approximate surface area is 138 Å². The maximum atomic E-state index is 4.51. The highest BCUT2D eigenvalue weighted by molar-refractivity contribution is 5.78. The zero-order valence-electron chi connectivity index (χ0n) is 14.5. The van der Waals surface area contributed by atoms with Gasteiger partial charge in [0.1, 0.15) is 0 Å². The lowest BCUT2D eigenvalue weighted by Gasteiger charge is -2.08. The van der Waals surface area contributed by atoms with E-state index in [1.165, 1.54) is 11.1 Å². The van der Waals surface area contributed by atoms with Crippen LogP contribution >= 0.6 is 0 Å². The van der Waals surface area contributed by atoms with Crippen LogP contribution in [0.15, 0.2) is 40.3 Å². The van der Waals surface area contributed by atoms with Gasteiger partial charge in [-0.25, -0.2) is 15.0 Å². The highest BCUT2D eigenvalue weighted by atomic mass is 15.2. The normalized spacial score (nSPS) is 11.5. The molecule has 4 heteroatoms. The van der Waals surface area contributed by atoms with Gasteiger partial charge in [-0.1, -0.05) is 30.7 Å². The van der Waals surface area contributed by atoms with Crippen LogP contribution in [0.4, 0.5) is 11.5 Å². The SMILES string of the molecule is CCc1ccc(C)nc1N=CN(C)C=Nc1ccc(C)cc1C. The van der Waals surface area contributed by atoms with E-state index in [0.717, 1.165) is 29.2 Å². The van der Waals surface area contributed by atoms with Gasteiger partial charge in [0, 0.05) is 12.7 Å². The second-order valence-electron chi connectivity index (χ2n) is 5.73. The van der Waals surface area contributed by atoms with Crippen molar-refractivity contribution in [2.24, 2.45) is 9.98 Å². The van der Waals surface area contributed by atoms with Gasteiger partial charge < -0.3 is 4.90 Å². The first kappa shape index (κ1) is 16.9. The van der Waals surface area contributed by atoms with Crippen LogP contribution in [0.1, 0.15) is 29.3 Å². The molecule has 0 spiro atoms. The number of hydrogen-bond acceptors (Lipinski definition) is 3. The number of aryl methyl sites for hydroxylation is 4. The molecule has 23 heavy (non-hydrogen) atoms. The fourth-order valence-corrected chi connectivity index (χ4v) is 2.24. The molecule has 0 atom stereocenters. The fraction of sp³-hybridized carbons (Fsp3) is 0.316. The van der Waals surface area contributed by atoms with Crippen LogP contribution in [0, 0.1) is 20.8 Å². The van der Waals surface area contributed by atoms with E-state index in [1.807, 2.05) is 31.0 Å². The van der Waals surface area contributed by atoms with Crippen molar-refractivity contribution >= 4 is 24.2 Å². The average molecular weight is 308 g/mol. The standard InChI is InChI=1S/C19H24N4/c1-6-17-9-8-16(4)22-19(17)21-13-23(5)12-20-18-10-7-14(2)11-15(18)3/h7-13H,6H2,1-5H3. The number of nitrogens with zero attached hydrogens (tertiary/aromatic N) is 4. The Kier molecular flexibility index (Phi) is 5.63. The summed E-state index contributed by atoms with van der Waals surface area (Å²) in [6, 6.07) is 10.3. The summed E-state index contributed by atoms with van der Waals surface area (Å²) >= 11 is 0. The third-order valence-corrected chi connectivity index (χ3v) is 3.57. The van der Waals surface area contributed by atoms with E-state index in [9.17, 15) is 0 Å². The summed E-state index contributed by atoms with van der Waals surface area (Å²) in [7, 11) is 1.91. The number of pyridine rings is 1. The third kappa shape index (κ3) is 4.74. The predicted octanol–water partition coefficient (Wildman–Crippen LogP) is 4.52. The summed E-state index contributed by atoms with van der Waals surface area (Å²) in [6.45, 7) is 8.23. The zero-order chi connectivity index (χ0) is 16.8. The number of rotatable bonds is 5. The molecule has 0 N–H and O–H groups in total. The molecule has 0 aliphatic rings. The maximum absolute atomic E-state index is 4.51. The molecule has 0 aliphatic heterocycles. The molecular weight excluding hydrogens is 284 g/mol. The molecule has 1 aromatic heterocycles. The highest BCUT2D eigenvalue weighted by Gasteiger charge is 2.01. The molecule has 0 unspecified atom stereocenters. The van der Waals surface area contributed by atoms with Crippen LogP contribution in [0.5, 0.6) is 0 Å². The lowest BCUT2D eigenvalue weighted by Crippen LogP contribution is -2.13. The van der Waals surface area contributed by atoms with E-state index in [0.29, 0.717) is 0 Å². The Morgan fingerprint density at radius 2 is 1.78 bits per heavy atom. The van der Waals surface area contributed by atoms with Gasteiger partial charge in [-0.3, -0.25) is 0 Å². The molecule has 120 valence electrons. The Morgan fingerprint density at radius 1 is 1.04 bits per heavy atom. The molecule has 2 rings (SSSR count). The molecule has 0 amide bonds. The quantitative estimate of drug-likeness (QED) is 0.602. The van der Waals surface area contributed by atoms with Crippen molar-refractivity contribution in [3.8, 4) is 0 Å². The molecule has 0 radical (unpaired) electrons. The molecule has 4 nitrogen and oxygen atoms in total. The van der Waals surface area contributed by atoms with Crippen molar-refractivity contribution in [3.63, 3.8) is 0 Å². The second-order valence-corrected chi connectivity index (χ2v) is 5.73. The number of aliphatic imine (C=N–C) groups is 2. The fourth-order valence-electron chi connectivity index (χ4n) is 2.24. The van der Waals surface area contributed by atoms with Crippen molar-refractivity contribution in [1.29, 1.82) is 0 Å². The Hall–Kier alpha value is -2.49. The van der Waals surface area contributed by atoms with Gasteiger partial charge in [-0.15, -0.1) is 0 Å². The Morgan fingerprint density at radius 3 is 2.48 bits per heavy atom. The molecule has 0 bridgehead atoms. The summed E-state index contributed by atoms with van der Waals surface area (Å²) in [4.78, 5) is 15.3. The van der Waals surface area contributed by atoms with E-state index < -0.39 is 0 Å². The molecular formula is C19H24N4. The van der Waals surface area contributed by atoms with Gasteiger partial charge >= 0.3 is 0 Å². The van der Waals surface area contributed by atoms with E-state index in [2.05, 4.69) is 53.9 Å². The Bertz CT molecular complexity index is 732. The molecule has 0 aliphatic carbocycles. The first-order chi connectivity index (χ1) is 11.0. The first-order valence-electron chi connectivity index (χ1n) is 7.83. The summed E-state index contributed by atoms with van der Waals surface area (Å²) in [5.74, 6) is 0.777. The molecule has 0 saturated heterocycles. The van der Waals surface area contributed by atoms with E-state index in [1.54, 1.807) is 12.7 Å². The van der Waals surface area contributed by atoms with Crippen LogP contribution < -0.4 is 0 Å². The summed E-state index contributed by atoms with van der Waals surface area (Å²) < 4.78 is 0. The zero-order valence-corrected chi connectivity index (χ0v) is 14.5. The molecule has 2 aromatic rings. The largest absolute Gasteiger partial charge is 0.326 e. The monoisotopic (exact) mass is 308 g/mol. The van der Waals surface area contributed by atoms with Crippen LogP contribution in [-0.2, 0) is 6.42 Å². The van der Waals surface area contributed by atoms with Crippen molar-refractivity contribution in [3.05, 3.63) is 52.7 Å². The lowest BCUT2D eigenvalue weighted by molar-refractivity contribution is 0.800. The second kappa shape index (κ2) is 7.68. The van der Waals surface area contributed by atoms with Crippen LogP contribution in [0.2, 0.25) is 0 Å². The van der Waals surface area contributed by atoms with Crippen LogP contribution in [0.3, 0.4) is 0 Å². The minimum absolute atomic E-state index is 0.777. The molecule has 0 saturated carbocycles. The molecule has 0 fully saturated rings. The molecule has 1 heterocycles. The Balaban J connectivity index is 2.11. The van der Waals surface area contributed by atoms with Crippen molar-refractivity contribution in [1.82, 2.24) is 9.88 Å². The van der Waals surface area contributed by atoms with E-state index in [4.69, 9.17) is 0 Å². The van der Waals surface area contributed by atoms with Crippen LogP contribution in [0.25, 0.3) is 0 Å². The minimum atomic E-state index is 0.777. The number of benzene rings is 1. The summed E-state index contributed by atoms with van der Waals surface area (Å²) in [5, 5.41) is 0. The van der Waals surface area contributed by atoms with Gasteiger partial charge in [0.25, 0.3) is 0 Å². The van der Waals surface area contributed by atoms with E-state index in [-0.39, 0.29) is 0 Å². The average Bonchev–Trinajstić information content (AvgIpc) is 2.52. The van der Waals surface area contributed by atoms with E-state index >= 15 is 0 Å². The van der Waals surface area contributed by atoms with Crippen LogP contribution in [-0.4, -0.2) is 29.6 Å². The minimum Gasteiger partial charge on any atom is -0.326 e. The smallest absolute Gasteiger partial charge is 0.156 e. The number of aromatic nitrogens is 1. The van der Waals surface area contributed by atoms with Gasteiger partial charge in [0.15, 0.2) is 5.82 Å². The highest BCUT2D eigenvalue weighted by Crippen LogP contribution is 2.19. The third-order valence-electron chi connectivity index (χ3n) is 3.57. The van der Waals surface area contributed by atoms with Crippen molar-refractivity contribution in [2.45, 2.75) is 34.1 Å². The topological polar surface area (TPSA) is 40.9 Å². The van der Waals surface area contributed by atoms with Gasteiger partial charge in [0.2, 0.25) is 0 Å². The summed E-state index contributed by atoms with van der Waals surface area (Å²) in [5.41, 5.74) is 5.50. The maximum Gasteiger partial charge on any atom is 0.156 e. The first-order valence-corrected chi connectivity index (χ1v) is 7.83. The van der Waals surface area contributed by atoms with Crippen molar-refractivity contribution in [2.75, 3.05) is 7.05 Å². The van der Waals surface area contributed by atoms with Gasteiger partial charge in [0.05, 0.1) is 18.4 Å². The molecule has 1 aromatic carbocycles. The van der Waals surface area contributed by atoms with Gasteiger partial charge in [-0.2, -0.15) is 0 Å². The lowest BCUT2D eigenvalue weighted by atomic mass is 10.1. The van der Waals surface area contributed by atoms with Crippen molar-refractivity contribution < 1.29 is 0 Å². The predicted molar refractivity (Wildman–Crippen MR) is 98.3 cm³/mol.